The number of rotatable bonds is 7. The molecule has 0 unspecified atom stereocenters. The van der Waals surface area contributed by atoms with Gasteiger partial charge >= 0.3 is 0 Å². The first-order valence-corrected chi connectivity index (χ1v) is 10.5. The number of nitrogens with zero attached hydrogens (tertiary/aromatic N) is 1. The summed E-state index contributed by atoms with van der Waals surface area (Å²) in [5, 5.41) is 2.98. The molecule has 1 amide bonds. The number of nitrogens with one attached hydrogen (secondary N) is 1. The normalized spacial score (nSPS) is 11.1. The molecule has 0 heterocycles. The van der Waals surface area contributed by atoms with E-state index in [1.54, 1.807) is 12.1 Å². The maximum absolute atomic E-state index is 12.6. The van der Waals surface area contributed by atoms with Crippen LogP contribution >= 0.6 is 11.6 Å². The lowest BCUT2D eigenvalue weighted by atomic mass is 10.1. The summed E-state index contributed by atoms with van der Waals surface area (Å²) in [6.07, 6.45) is 1.06. The van der Waals surface area contributed by atoms with E-state index in [1.165, 1.54) is 26.4 Å². The van der Waals surface area contributed by atoms with E-state index in [-0.39, 0.29) is 0 Å². The van der Waals surface area contributed by atoms with E-state index in [0.29, 0.717) is 27.9 Å². The molecule has 2 aromatic rings. The molecule has 0 aliphatic rings. The largest absolute Gasteiger partial charge is 0.495 e. The minimum absolute atomic E-state index is 0.322. The Kier molecular flexibility index (Phi) is 6.79. The molecule has 9 heteroatoms. The third kappa shape index (κ3) is 5.30. The van der Waals surface area contributed by atoms with Crippen LogP contribution in [-0.2, 0) is 14.8 Å². The minimum Gasteiger partial charge on any atom is -0.495 e. The van der Waals surface area contributed by atoms with Gasteiger partial charge in [0, 0.05) is 12.1 Å². The van der Waals surface area contributed by atoms with Crippen LogP contribution in [0.15, 0.2) is 30.3 Å². The molecule has 0 spiro atoms. The van der Waals surface area contributed by atoms with Crippen LogP contribution in [-0.4, -0.2) is 41.3 Å². The number of benzene rings is 2. The number of hydrogen-bond acceptors (Lipinski definition) is 5. The molecule has 28 heavy (non-hydrogen) atoms. The van der Waals surface area contributed by atoms with Gasteiger partial charge < -0.3 is 14.8 Å². The average molecular weight is 427 g/mol. The monoisotopic (exact) mass is 426 g/mol. The standard InChI is InChI=1S/C19H23ClN2O5S/c1-12-6-13(2)8-14(7-12)22(28(5,24)25)11-19(23)21-16-10-17(26-3)15(20)9-18(16)27-4/h6-10H,11H2,1-5H3,(H,21,23). The van der Waals surface area contributed by atoms with Gasteiger partial charge in [0.05, 0.1) is 36.9 Å². The molecular formula is C19H23ClN2O5S. The molecule has 0 aliphatic heterocycles. The van der Waals surface area contributed by atoms with E-state index in [9.17, 15) is 13.2 Å². The summed E-state index contributed by atoms with van der Waals surface area (Å²) in [6.45, 7) is 3.33. The van der Waals surface area contributed by atoms with Gasteiger partial charge in [-0.1, -0.05) is 17.7 Å². The predicted octanol–water partition coefficient (Wildman–Crippen LogP) is 3.38. The lowest BCUT2D eigenvalue weighted by Crippen LogP contribution is -2.37. The molecule has 0 aliphatic carbocycles. The first kappa shape index (κ1) is 21.8. The van der Waals surface area contributed by atoms with E-state index in [0.717, 1.165) is 21.7 Å². The molecule has 2 aromatic carbocycles. The van der Waals surface area contributed by atoms with Crippen molar-refractivity contribution < 1.29 is 22.7 Å². The SMILES string of the molecule is COc1cc(NC(=O)CN(c2cc(C)cc(C)c2)S(C)(=O)=O)c(OC)cc1Cl. The van der Waals surface area contributed by atoms with Crippen molar-refractivity contribution in [2.45, 2.75) is 13.8 Å². The van der Waals surface area contributed by atoms with Gasteiger partial charge in [-0.3, -0.25) is 9.10 Å². The van der Waals surface area contributed by atoms with Gasteiger partial charge in [0.1, 0.15) is 18.0 Å². The first-order chi connectivity index (χ1) is 13.0. The molecule has 0 saturated carbocycles. The zero-order valence-electron chi connectivity index (χ0n) is 16.4. The summed E-state index contributed by atoms with van der Waals surface area (Å²) in [6, 6.07) is 8.38. The van der Waals surface area contributed by atoms with E-state index < -0.39 is 22.5 Å². The fraction of sp³-hybridized carbons (Fsp3) is 0.316. The topological polar surface area (TPSA) is 84.9 Å². The lowest BCUT2D eigenvalue weighted by molar-refractivity contribution is -0.114. The molecule has 0 bridgehead atoms. The maximum atomic E-state index is 12.6. The Morgan fingerprint density at radius 1 is 1.04 bits per heavy atom. The number of anilines is 2. The highest BCUT2D eigenvalue weighted by Gasteiger charge is 2.22. The number of methoxy groups -OCH3 is 2. The average Bonchev–Trinajstić information content (AvgIpc) is 2.58. The Bertz CT molecular complexity index is 972. The molecule has 0 radical (unpaired) electrons. The Balaban J connectivity index is 2.33. The van der Waals surface area contributed by atoms with Crippen molar-refractivity contribution in [2.24, 2.45) is 0 Å². The van der Waals surface area contributed by atoms with Crippen LogP contribution in [0.4, 0.5) is 11.4 Å². The molecule has 0 aromatic heterocycles. The Hall–Kier alpha value is -2.45. The molecule has 1 N–H and O–H groups in total. The van der Waals surface area contributed by atoms with Crippen molar-refractivity contribution in [2.75, 3.05) is 36.6 Å². The number of amides is 1. The van der Waals surface area contributed by atoms with Crippen LogP contribution < -0.4 is 19.1 Å². The second-order valence-electron chi connectivity index (χ2n) is 6.35. The number of carbonyl (C=O) groups excluding carboxylic acids is 1. The van der Waals surface area contributed by atoms with Gasteiger partial charge in [0.15, 0.2) is 0 Å². The van der Waals surface area contributed by atoms with Gasteiger partial charge in [-0.25, -0.2) is 8.42 Å². The Labute approximate surface area is 170 Å². The Morgan fingerprint density at radius 2 is 1.61 bits per heavy atom. The van der Waals surface area contributed by atoms with Crippen LogP contribution in [0.2, 0.25) is 5.02 Å². The van der Waals surface area contributed by atoms with Crippen LogP contribution in [0.3, 0.4) is 0 Å². The Morgan fingerprint density at radius 3 is 2.11 bits per heavy atom. The van der Waals surface area contributed by atoms with Crippen molar-refractivity contribution in [3.05, 3.63) is 46.5 Å². The smallest absolute Gasteiger partial charge is 0.245 e. The summed E-state index contributed by atoms with van der Waals surface area (Å²) in [5.41, 5.74) is 2.54. The third-order valence-corrected chi connectivity index (χ3v) is 5.37. The number of sulfonamides is 1. The van der Waals surface area contributed by atoms with Crippen LogP contribution in [0, 0.1) is 13.8 Å². The number of aryl methyl sites for hydroxylation is 2. The molecule has 0 saturated heterocycles. The molecule has 0 atom stereocenters. The summed E-state index contributed by atoms with van der Waals surface area (Å²) in [5.74, 6) is 0.149. The maximum Gasteiger partial charge on any atom is 0.245 e. The second-order valence-corrected chi connectivity index (χ2v) is 8.66. The number of hydrogen-bond donors (Lipinski definition) is 1. The van der Waals surface area contributed by atoms with Crippen LogP contribution in [0.5, 0.6) is 11.5 Å². The van der Waals surface area contributed by atoms with Crippen molar-refractivity contribution >= 4 is 38.9 Å². The van der Waals surface area contributed by atoms with E-state index >= 15 is 0 Å². The molecular weight excluding hydrogens is 404 g/mol. The summed E-state index contributed by atoms with van der Waals surface area (Å²) in [7, 11) is -0.793. The zero-order chi connectivity index (χ0) is 21.1. The van der Waals surface area contributed by atoms with E-state index in [1.807, 2.05) is 19.9 Å². The zero-order valence-corrected chi connectivity index (χ0v) is 17.9. The summed E-state index contributed by atoms with van der Waals surface area (Å²) >= 11 is 6.07. The number of halogens is 1. The fourth-order valence-electron chi connectivity index (χ4n) is 2.77. The fourth-order valence-corrected chi connectivity index (χ4v) is 3.84. The van der Waals surface area contributed by atoms with Crippen LogP contribution in [0.25, 0.3) is 0 Å². The molecule has 152 valence electrons. The summed E-state index contributed by atoms with van der Waals surface area (Å²) < 4.78 is 36.0. The predicted molar refractivity (Wildman–Crippen MR) is 111 cm³/mol. The molecule has 7 nitrogen and oxygen atoms in total. The van der Waals surface area contributed by atoms with E-state index in [2.05, 4.69) is 5.32 Å². The van der Waals surface area contributed by atoms with Crippen molar-refractivity contribution in [3.8, 4) is 11.5 Å². The molecule has 2 rings (SSSR count). The van der Waals surface area contributed by atoms with Gasteiger partial charge in [0.2, 0.25) is 15.9 Å². The highest BCUT2D eigenvalue weighted by atomic mass is 35.5. The molecule has 0 fully saturated rings. The highest BCUT2D eigenvalue weighted by molar-refractivity contribution is 7.92. The van der Waals surface area contributed by atoms with Crippen molar-refractivity contribution in [1.82, 2.24) is 0 Å². The van der Waals surface area contributed by atoms with Gasteiger partial charge in [0.25, 0.3) is 0 Å². The van der Waals surface area contributed by atoms with Crippen molar-refractivity contribution in [3.63, 3.8) is 0 Å². The third-order valence-electron chi connectivity index (χ3n) is 3.93. The second kappa shape index (κ2) is 8.70. The number of carbonyl (C=O) groups is 1. The van der Waals surface area contributed by atoms with Gasteiger partial charge in [-0.2, -0.15) is 0 Å². The van der Waals surface area contributed by atoms with Gasteiger partial charge in [-0.15, -0.1) is 0 Å². The minimum atomic E-state index is -3.68. The van der Waals surface area contributed by atoms with Crippen molar-refractivity contribution in [1.29, 1.82) is 0 Å². The van der Waals surface area contributed by atoms with E-state index in [4.69, 9.17) is 21.1 Å². The number of ether oxygens (including phenoxy) is 2. The van der Waals surface area contributed by atoms with Gasteiger partial charge in [-0.05, 0) is 37.1 Å². The quantitative estimate of drug-likeness (QED) is 0.733. The highest BCUT2D eigenvalue weighted by Crippen LogP contribution is 2.36. The lowest BCUT2D eigenvalue weighted by Gasteiger charge is -2.23. The first-order valence-electron chi connectivity index (χ1n) is 8.32. The summed E-state index contributed by atoms with van der Waals surface area (Å²) in [4.78, 5) is 12.6. The van der Waals surface area contributed by atoms with Crippen LogP contribution in [0.1, 0.15) is 11.1 Å².